The van der Waals surface area contributed by atoms with Crippen LogP contribution in [0.15, 0.2) is 64.8 Å². The summed E-state index contributed by atoms with van der Waals surface area (Å²) in [6.07, 6.45) is 0. The monoisotopic (exact) mass is 404 g/mol. The molecule has 2 aromatic heterocycles. The van der Waals surface area contributed by atoms with Crippen LogP contribution in [-0.4, -0.2) is 20.7 Å². The number of hydrogen-bond acceptors (Lipinski definition) is 5. The molecule has 6 nitrogen and oxygen atoms in total. The molecule has 0 radical (unpaired) electrons. The number of nitrogens with one attached hydrogen (secondary N) is 1. The van der Waals surface area contributed by atoms with Gasteiger partial charge in [-0.2, -0.15) is 5.10 Å². The first-order valence-corrected chi connectivity index (χ1v) is 10.2. The van der Waals surface area contributed by atoms with E-state index in [1.54, 1.807) is 24.3 Å². The summed E-state index contributed by atoms with van der Waals surface area (Å²) >= 11 is 1.35. The molecule has 29 heavy (non-hydrogen) atoms. The average Bonchev–Trinajstić information content (AvgIpc) is 3.19. The van der Waals surface area contributed by atoms with E-state index in [1.165, 1.54) is 16.0 Å². The van der Waals surface area contributed by atoms with Crippen LogP contribution in [0.4, 0.5) is 5.13 Å². The van der Waals surface area contributed by atoms with Crippen LogP contribution in [0.3, 0.4) is 0 Å². The lowest BCUT2D eigenvalue weighted by Crippen LogP contribution is -2.29. The number of fused-ring (bicyclic) bond motifs is 1. The zero-order chi connectivity index (χ0) is 20.4. The second kappa shape index (κ2) is 7.97. The third kappa shape index (κ3) is 3.95. The summed E-state index contributed by atoms with van der Waals surface area (Å²) < 4.78 is 1.37. The molecule has 0 saturated carbocycles. The Kier molecular flexibility index (Phi) is 5.22. The van der Waals surface area contributed by atoms with Gasteiger partial charge in [0.15, 0.2) is 10.8 Å². The van der Waals surface area contributed by atoms with Gasteiger partial charge in [-0.25, -0.2) is 9.67 Å². The van der Waals surface area contributed by atoms with E-state index in [0.29, 0.717) is 22.4 Å². The molecule has 0 spiro atoms. The maximum absolute atomic E-state index is 13.0. The van der Waals surface area contributed by atoms with Crippen LogP contribution in [0.25, 0.3) is 22.0 Å². The molecule has 0 aliphatic heterocycles. The van der Waals surface area contributed by atoms with Crippen LogP contribution in [-0.2, 0) is 6.54 Å². The lowest BCUT2D eigenvalue weighted by molar-refractivity contribution is 0.102. The Morgan fingerprint density at radius 1 is 1.07 bits per heavy atom. The molecular weight excluding hydrogens is 384 g/mol. The smallest absolute Gasteiger partial charge is 0.278 e. The molecule has 7 heteroatoms. The van der Waals surface area contributed by atoms with Gasteiger partial charge in [0.2, 0.25) is 0 Å². The van der Waals surface area contributed by atoms with E-state index in [0.717, 1.165) is 11.3 Å². The van der Waals surface area contributed by atoms with E-state index < -0.39 is 0 Å². The number of nitrogens with zero attached hydrogens (tertiary/aromatic N) is 3. The molecule has 146 valence electrons. The minimum atomic E-state index is -0.382. The van der Waals surface area contributed by atoms with Crippen molar-refractivity contribution in [2.24, 2.45) is 5.92 Å². The van der Waals surface area contributed by atoms with Crippen molar-refractivity contribution in [1.82, 2.24) is 14.8 Å². The van der Waals surface area contributed by atoms with Crippen molar-refractivity contribution in [2.45, 2.75) is 20.4 Å². The zero-order valence-electron chi connectivity index (χ0n) is 16.1. The predicted octanol–water partition coefficient (Wildman–Crippen LogP) is 4.43. The summed E-state index contributed by atoms with van der Waals surface area (Å²) in [5, 5.41) is 10.6. The maximum Gasteiger partial charge on any atom is 0.278 e. The van der Waals surface area contributed by atoms with E-state index in [9.17, 15) is 9.59 Å². The van der Waals surface area contributed by atoms with Crippen molar-refractivity contribution >= 4 is 33.1 Å². The molecule has 0 atom stereocenters. The van der Waals surface area contributed by atoms with Crippen molar-refractivity contribution in [3.05, 3.63) is 76.0 Å². The molecular formula is C22H20N4O2S. The molecule has 1 amide bonds. The Morgan fingerprint density at radius 3 is 2.48 bits per heavy atom. The highest BCUT2D eigenvalue weighted by Crippen LogP contribution is 2.25. The fraction of sp³-hybridized carbons (Fsp3) is 0.182. The van der Waals surface area contributed by atoms with Gasteiger partial charge in [-0.05, 0) is 12.0 Å². The summed E-state index contributed by atoms with van der Waals surface area (Å²) in [5.41, 5.74) is 1.82. The summed E-state index contributed by atoms with van der Waals surface area (Å²) in [6.45, 7) is 4.45. The Morgan fingerprint density at radius 2 is 1.76 bits per heavy atom. The molecule has 2 heterocycles. The summed E-state index contributed by atoms with van der Waals surface area (Å²) in [6, 6.07) is 16.8. The van der Waals surface area contributed by atoms with E-state index in [4.69, 9.17) is 0 Å². The van der Waals surface area contributed by atoms with Crippen LogP contribution in [0, 0.1) is 5.92 Å². The molecule has 4 rings (SSSR count). The Balaban J connectivity index is 1.69. The topological polar surface area (TPSA) is 76.9 Å². The van der Waals surface area contributed by atoms with E-state index in [-0.39, 0.29) is 23.1 Å². The molecule has 0 unspecified atom stereocenters. The number of hydrogen-bond donors (Lipinski definition) is 1. The normalized spacial score (nSPS) is 11.1. The Bertz CT molecular complexity index is 1230. The lowest BCUT2D eigenvalue weighted by Gasteiger charge is -2.12. The molecule has 2 aromatic carbocycles. The van der Waals surface area contributed by atoms with Crippen molar-refractivity contribution < 1.29 is 4.79 Å². The number of amides is 1. The summed E-state index contributed by atoms with van der Waals surface area (Å²) in [5.74, 6) is -0.155. The SMILES string of the molecule is CC(C)Cn1nc(C(=O)Nc2nc(-c3ccccc3)cs2)c2ccccc2c1=O. The second-order valence-corrected chi connectivity index (χ2v) is 7.99. The third-order valence-electron chi connectivity index (χ3n) is 4.42. The predicted molar refractivity (Wildman–Crippen MR) is 116 cm³/mol. The van der Waals surface area contributed by atoms with Crippen LogP contribution in [0.1, 0.15) is 24.3 Å². The Hall–Kier alpha value is -3.32. The number of carbonyl (C=O) groups excluding carboxylic acids is 1. The first-order chi connectivity index (χ1) is 14.0. The highest BCUT2D eigenvalue weighted by molar-refractivity contribution is 7.14. The molecule has 1 N–H and O–H groups in total. The standard InChI is InChI=1S/C22H20N4O2S/c1-14(2)12-26-21(28)17-11-7-6-10-16(17)19(25-26)20(27)24-22-23-18(13-29-22)15-8-4-3-5-9-15/h3-11,13-14H,12H2,1-2H3,(H,23,24,27). The van der Waals surface area contributed by atoms with Gasteiger partial charge in [0.05, 0.1) is 11.1 Å². The molecule has 0 aliphatic rings. The van der Waals surface area contributed by atoms with Gasteiger partial charge in [0, 0.05) is 22.9 Å². The van der Waals surface area contributed by atoms with Crippen LogP contribution in [0.2, 0.25) is 0 Å². The van der Waals surface area contributed by atoms with Gasteiger partial charge in [-0.15, -0.1) is 11.3 Å². The minimum Gasteiger partial charge on any atom is -0.296 e. The van der Waals surface area contributed by atoms with Gasteiger partial charge >= 0.3 is 0 Å². The summed E-state index contributed by atoms with van der Waals surface area (Å²) in [7, 11) is 0. The highest BCUT2D eigenvalue weighted by atomic mass is 32.1. The van der Waals surface area contributed by atoms with Gasteiger partial charge in [-0.3, -0.25) is 14.9 Å². The van der Waals surface area contributed by atoms with E-state index >= 15 is 0 Å². The first-order valence-electron chi connectivity index (χ1n) is 9.35. The van der Waals surface area contributed by atoms with Gasteiger partial charge in [-0.1, -0.05) is 62.4 Å². The number of thiazole rings is 1. The Labute approximate surface area is 171 Å². The number of anilines is 1. The number of carbonyl (C=O) groups is 1. The molecule has 0 fully saturated rings. The quantitative estimate of drug-likeness (QED) is 0.534. The average molecular weight is 404 g/mol. The third-order valence-corrected chi connectivity index (χ3v) is 5.17. The van der Waals surface area contributed by atoms with Crippen LogP contribution < -0.4 is 10.9 Å². The molecule has 0 saturated heterocycles. The van der Waals surface area contributed by atoms with Crippen molar-refractivity contribution in [3.63, 3.8) is 0 Å². The number of aromatic nitrogens is 3. The van der Waals surface area contributed by atoms with Gasteiger partial charge < -0.3 is 0 Å². The fourth-order valence-electron chi connectivity index (χ4n) is 3.10. The van der Waals surface area contributed by atoms with E-state index in [1.807, 2.05) is 49.6 Å². The van der Waals surface area contributed by atoms with Crippen molar-refractivity contribution in [2.75, 3.05) is 5.32 Å². The van der Waals surface area contributed by atoms with Crippen LogP contribution >= 0.6 is 11.3 Å². The second-order valence-electron chi connectivity index (χ2n) is 7.13. The lowest BCUT2D eigenvalue weighted by atomic mass is 10.1. The first kappa shape index (κ1) is 19.0. The van der Waals surface area contributed by atoms with E-state index in [2.05, 4.69) is 15.4 Å². The fourth-order valence-corrected chi connectivity index (χ4v) is 3.82. The molecule has 4 aromatic rings. The van der Waals surface area contributed by atoms with Gasteiger partial charge in [0.1, 0.15) is 0 Å². The highest BCUT2D eigenvalue weighted by Gasteiger charge is 2.18. The molecule has 0 aliphatic carbocycles. The number of benzene rings is 2. The maximum atomic E-state index is 13.0. The number of rotatable bonds is 5. The van der Waals surface area contributed by atoms with Gasteiger partial charge in [0.25, 0.3) is 11.5 Å². The summed E-state index contributed by atoms with van der Waals surface area (Å²) in [4.78, 5) is 30.2. The largest absolute Gasteiger partial charge is 0.296 e. The van der Waals surface area contributed by atoms with Crippen LogP contribution in [0.5, 0.6) is 0 Å². The van der Waals surface area contributed by atoms with Crippen molar-refractivity contribution in [3.8, 4) is 11.3 Å². The van der Waals surface area contributed by atoms with Crippen molar-refractivity contribution in [1.29, 1.82) is 0 Å². The zero-order valence-corrected chi connectivity index (χ0v) is 16.9. The molecule has 0 bridgehead atoms. The minimum absolute atomic E-state index is 0.188.